The van der Waals surface area contributed by atoms with E-state index in [2.05, 4.69) is 22.2 Å². The van der Waals surface area contributed by atoms with Crippen molar-refractivity contribution >= 4 is 41.3 Å². The summed E-state index contributed by atoms with van der Waals surface area (Å²) < 4.78 is 31.5. The van der Waals surface area contributed by atoms with Gasteiger partial charge >= 0.3 is 93.8 Å². The Bertz CT molecular complexity index is 1310. The molecule has 0 atom stereocenters. The van der Waals surface area contributed by atoms with Crippen LogP contribution >= 0.6 is 0 Å². The number of carbonyl (C=O) groups excluding carboxylic acids is 1. The van der Waals surface area contributed by atoms with E-state index in [1.807, 2.05) is 6.92 Å². The van der Waals surface area contributed by atoms with Crippen LogP contribution in [0, 0.1) is 0 Å². The molecule has 1 amide bonds. The number of nitrogens with one attached hydrogen (secondary N) is 2. The van der Waals surface area contributed by atoms with Gasteiger partial charge in [0, 0.05) is 13.1 Å². The minimum Gasteiger partial charge on any atom is -0.339 e. The van der Waals surface area contributed by atoms with Crippen LogP contribution in [0.3, 0.4) is 0 Å². The van der Waals surface area contributed by atoms with E-state index < -0.39 is 20.1 Å². The Labute approximate surface area is 198 Å². The van der Waals surface area contributed by atoms with Crippen molar-refractivity contribution in [2.45, 2.75) is 59.5 Å². The van der Waals surface area contributed by atoms with E-state index in [9.17, 15) is 23.2 Å². The van der Waals surface area contributed by atoms with Crippen molar-refractivity contribution in [1.29, 1.82) is 0 Å². The Kier molecular flexibility index (Phi) is 9.48. The number of imidazole rings is 1. The van der Waals surface area contributed by atoms with Crippen molar-refractivity contribution in [2.24, 2.45) is 0 Å². The molecule has 0 radical (unpaired) electrons. The molecule has 2 aromatic heterocycles. The van der Waals surface area contributed by atoms with Gasteiger partial charge in [-0.25, -0.2) is 9.78 Å². The van der Waals surface area contributed by atoms with E-state index in [-0.39, 0.29) is 27.0 Å². The number of nitrogens with zero attached hydrogens (tertiary/aromatic N) is 3. The van der Waals surface area contributed by atoms with Crippen molar-refractivity contribution in [1.82, 2.24) is 19.1 Å². The van der Waals surface area contributed by atoms with E-state index in [1.165, 1.54) is 17.8 Å². The number of phenolic OH excluding ortho intramolecular Hbond substituents is 1. The zero-order valence-corrected chi connectivity index (χ0v) is 21.2. The number of aryl methyl sites for hydroxylation is 1. The van der Waals surface area contributed by atoms with Gasteiger partial charge in [-0.2, -0.15) is 0 Å². The van der Waals surface area contributed by atoms with Gasteiger partial charge < -0.3 is 4.98 Å². The number of unbranched alkanes of at least 4 members (excludes halogenated alkanes) is 2. The Morgan fingerprint density at radius 3 is 2.29 bits per heavy atom. The van der Waals surface area contributed by atoms with Crippen LogP contribution in [0.2, 0.25) is 0 Å². The Morgan fingerprint density at radius 2 is 1.74 bits per heavy atom. The van der Waals surface area contributed by atoms with Crippen molar-refractivity contribution in [3.8, 4) is 5.75 Å². The predicted molar refractivity (Wildman–Crippen MR) is 127 cm³/mol. The summed E-state index contributed by atoms with van der Waals surface area (Å²) in [4.78, 5) is 42.3. The van der Waals surface area contributed by atoms with Crippen molar-refractivity contribution in [3.63, 3.8) is 0 Å². The Hall–Kier alpha value is -3.08. The molecule has 3 aromatic rings. The standard InChI is InChI=1S/C13H20N4O2.C8H10AsNO5/c1-3-5-7-16-11-10(14-9-15-11)12(18)17(13(16)19)8-6-4-2;1-5(11)10-7-4-6(9(13,14)15)2-3-8(7)12/h9H,3-8H2,1-2H3,(H,14,15);2-4,12H,1H3,(H,10,11)(H2,13,14,15). The van der Waals surface area contributed by atoms with Gasteiger partial charge in [0.25, 0.3) is 5.56 Å². The summed E-state index contributed by atoms with van der Waals surface area (Å²) >= 11 is -4.98. The van der Waals surface area contributed by atoms with Gasteiger partial charge in [0.15, 0.2) is 5.65 Å². The number of hydrogen-bond donors (Lipinski definition) is 5. The van der Waals surface area contributed by atoms with E-state index in [4.69, 9.17) is 8.19 Å². The van der Waals surface area contributed by atoms with Crippen LogP contribution in [0.5, 0.6) is 5.75 Å². The second kappa shape index (κ2) is 11.9. The van der Waals surface area contributed by atoms with E-state index in [0.717, 1.165) is 43.9 Å². The van der Waals surface area contributed by atoms with E-state index in [0.29, 0.717) is 24.3 Å². The predicted octanol–water partition coefficient (Wildman–Crippen LogP) is 0.398. The molecule has 0 saturated heterocycles. The first-order valence-corrected chi connectivity index (χ1v) is 14.2. The summed E-state index contributed by atoms with van der Waals surface area (Å²) in [6.45, 7) is 6.40. The van der Waals surface area contributed by atoms with Crippen LogP contribution in [0.1, 0.15) is 46.5 Å². The molecule has 12 nitrogen and oxygen atoms in total. The van der Waals surface area contributed by atoms with Crippen molar-refractivity contribution < 1.29 is 21.8 Å². The number of fused-ring (bicyclic) bond motifs is 1. The zero-order valence-electron chi connectivity index (χ0n) is 19.3. The number of H-pyrrole nitrogens is 1. The van der Waals surface area contributed by atoms with Gasteiger partial charge in [-0.15, -0.1) is 0 Å². The maximum atomic E-state index is 12.4. The molecular weight excluding hydrogens is 509 g/mol. The number of benzene rings is 1. The van der Waals surface area contributed by atoms with Gasteiger partial charge in [-0.05, 0) is 12.8 Å². The molecule has 34 heavy (non-hydrogen) atoms. The Balaban J connectivity index is 0.000000248. The molecule has 0 unspecified atom stereocenters. The number of aromatic hydroxyl groups is 1. The first-order valence-electron chi connectivity index (χ1n) is 10.8. The fraction of sp³-hybridized carbons (Fsp3) is 0.429. The van der Waals surface area contributed by atoms with Gasteiger partial charge in [0.05, 0.1) is 6.33 Å². The van der Waals surface area contributed by atoms with Gasteiger partial charge in [0.2, 0.25) is 0 Å². The number of aromatic nitrogens is 4. The van der Waals surface area contributed by atoms with Gasteiger partial charge in [-0.1, -0.05) is 26.7 Å². The first-order chi connectivity index (χ1) is 16.0. The van der Waals surface area contributed by atoms with Crippen molar-refractivity contribution in [3.05, 3.63) is 45.4 Å². The first kappa shape index (κ1) is 27.2. The Morgan fingerprint density at radius 1 is 1.12 bits per heavy atom. The van der Waals surface area contributed by atoms with E-state index >= 15 is 0 Å². The van der Waals surface area contributed by atoms with Crippen LogP contribution in [-0.2, 0) is 21.6 Å². The maximum absolute atomic E-state index is 12.4. The number of amides is 1. The zero-order chi connectivity index (χ0) is 25.5. The number of phenols is 1. The quantitative estimate of drug-likeness (QED) is 0.202. The number of carbonyl (C=O) groups is 1. The molecule has 0 aliphatic heterocycles. The summed E-state index contributed by atoms with van der Waals surface area (Å²) in [5, 5.41) is 11.6. The third-order valence-electron chi connectivity index (χ3n) is 4.89. The minimum atomic E-state index is -4.98. The van der Waals surface area contributed by atoms with Crippen LogP contribution < -0.4 is 20.9 Å². The molecule has 0 saturated carbocycles. The van der Waals surface area contributed by atoms with Gasteiger partial charge in [-0.3, -0.25) is 13.9 Å². The average Bonchev–Trinajstić information content (AvgIpc) is 3.24. The average molecular weight is 539 g/mol. The van der Waals surface area contributed by atoms with Crippen LogP contribution in [0.15, 0.2) is 34.1 Å². The third-order valence-corrected chi connectivity index (χ3v) is 6.89. The summed E-state index contributed by atoms with van der Waals surface area (Å²) in [5.74, 6) is -0.668. The molecule has 0 spiro atoms. The monoisotopic (exact) mass is 539 g/mol. The van der Waals surface area contributed by atoms with Crippen LogP contribution in [0.25, 0.3) is 11.2 Å². The summed E-state index contributed by atoms with van der Waals surface area (Å²) in [6.07, 6.45) is 5.13. The van der Waals surface area contributed by atoms with Crippen LogP contribution in [-0.4, -0.2) is 52.5 Å². The molecule has 0 fully saturated rings. The second-order valence-corrected chi connectivity index (χ2v) is 11.0. The fourth-order valence-corrected chi connectivity index (χ4v) is 4.32. The molecule has 0 bridgehead atoms. The number of aromatic amines is 1. The van der Waals surface area contributed by atoms with E-state index in [1.54, 1.807) is 4.57 Å². The third kappa shape index (κ3) is 6.72. The number of anilines is 1. The summed E-state index contributed by atoms with van der Waals surface area (Å²) in [6, 6.07) is 3.32. The molecule has 5 N–H and O–H groups in total. The molecular formula is C21H30AsN5O7. The fourth-order valence-electron chi connectivity index (χ4n) is 3.13. The van der Waals surface area contributed by atoms with Crippen molar-refractivity contribution in [2.75, 3.05) is 5.32 Å². The molecule has 13 heteroatoms. The molecule has 0 aliphatic carbocycles. The largest absolute Gasteiger partial charge is 0.339 e. The normalized spacial score (nSPS) is 11.2. The number of rotatable bonds is 8. The summed E-state index contributed by atoms with van der Waals surface area (Å²) in [7, 11) is 0. The van der Waals surface area contributed by atoms with Gasteiger partial charge in [0.1, 0.15) is 5.52 Å². The summed E-state index contributed by atoms with van der Waals surface area (Å²) in [5.41, 5.74) is 0.373. The topological polar surface area (TPSA) is 180 Å². The molecule has 2 heterocycles. The smallest absolute Gasteiger partial charge is 0.332 e. The van der Waals surface area contributed by atoms with Crippen LogP contribution in [0.4, 0.5) is 5.69 Å². The maximum Gasteiger partial charge on any atom is 0.332 e. The molecule has 1 aromatic carbocycles. The second-order valence-electron chi connectivity index (χ2n) is 7.63. The molecule has 0 aliphatic rings. The molecule has 3 rings (SSSR count). The molecule has 186 valence electrons. The SMILES string of the molecule is CC(=O)Nc1cc([As](=O)(O)O)ccc1O.CCCCn1c(=O)c2[nH]cnc2n(CCCC)c1=O. The number of hydrogen-bond acceptors (Lipinski definition) is 6. The minimum absolute atomic E-state index is 0.00951.